The lowest BCUT2D eigenvalue weighted by Crippen LogP contribution is -2.23. The summed E-state index contributed by atoms with van der Waals surface area (Å²) >= 11 is 0. The van der Waals surface area contributed by atoms with Crippen LogP contribution in [0, 0.1) is 23.7 Å². The van der Waals surface area contributed by atoms with Gasteiger partial charge in [-0.05, 0) is 122 Å². The number of methoxy groups -OCH3 is 4. The number of alkyl halides is 4. The number of ketones is 2. The molecular weight excluding hydrogens is 805 g/mol. The Morgan fingerprint density at radius 1 is 0.548 bits per heavy atom. The summed E-state index contributed by atoms with van der Waals surface area (Å²) in [5.41, 5.74) is 2.32. The highest BCUT2D eigenvalue weighted by Crippen LogP contribution is 2.46. The Balaban J connectivity index is 0.000000234. The second-order valence-electron chi connectivity index (χ2n) is 16.2. The monoisotopic (exact) mass is 864 g/mol. The van der Waals surface area contributed by atoms with Crippen LogP contribution < -0.4 is 18.9 Å². The van der Waals surface area contributed by atoms with E-state index in [0.717, 1.165) is 64.2 Å². The molecule has 2 aliphatic rings. The second-order valence-corrected chi connectivity index (χ2v) is 16.2. The first-order valence-corrected chi connectivity index (χ1v) is 21.6. The molecule has 0 aliphatic heterocycles. The number of hydrogen-bond donors (Lipinski definition) is 0. The first-order chi connectivity index (χ1) is 30.0. The summed E-state index contributed by atoms with van der Waals surface area (Å²) in [7, 11) is 5.82. The summed E-state index contributed by atoms with van der Waals surface area (Å²) in [4.78, 5) is 41.6. The van der Waals surface area contributed by atoms with Crippen molar-refractivity contribution in [2.45, 2.75) is 116 Å². The summed E-state index contributed by atoms with van der Waals surface area (Å²) in [6, 6.07) is 10.3. The fourth-order valence-electron chi connectivity index (χ4n) is 9.55. The lowest BCUT2D eigenvalue weighted by atomic mass is 9.71. The third-order valence-electron chi connectivity index (χ3n) is 13.0. The average molecular weight is 865 g/mol. The van der Waals surface area contributed by atoms with E-state index < -0.39 is 12.9 Å². The first kappa shape index (κ1) is 47.9. The van der Waals surface area contributed by atoms with Crippen molar-refractivity contribution in [2.24, 2.45) is 23.7 Å². The lowest BCUT2D eigenvalue weighted by Gasteiger charge is -2.34. The second kappa shape index (κ2) is 23.3. The third kappa shape index (κ3) is 12.1. The predicted molar refractivity (Wildman–Crippen MR) is 228 cm³/mol. The molecule has 10 nitrogen and oxygen atoms in total. The highest BCUT2D eigenvalue weighted by atomic mass is 19.3. The molecule has 0 radical (unpaired) electrons. The minimum absolute atomic E-state index is 0.0137. The van der Waals surface area contributed by atoms with E-state index in [2.05, 4.69) is 33.8 Å². The van der Waals surface area contributed by atoms with Crippen molar-refractivity contribution in [3.05, 3.63) is 94.6 Å². The maximum Gasteiger partial charge on any atom is 0.269 e. The van der Waals surface area contributed by atoms with Gasteiger partial charge in [-0.3, -0.25) is 9.59 Å². The quantitative estimate of drug-likeness (QED) is 0.0705. The summed E-state index contributed by atoms with van der Waals surface area (Å²) in [5, 5.41) is 0. The largest absolute Gasteiger partial charge is 0.481 e. The zero-order valence-corrected chi connectivity index (χ0v) is 36.6. The summed E-state index contributed by atoms with van der Waals surface area (Å²) in [6.45, 7) is 4.22. The van der Waals surface area contributed by atoms with E-state index in [9.17, 15) is 27.2 Å². The molecule has 2 atom stereocenters. The fraction of sp³-hybridized carbons (Fsp3) is 0.542. The Hall–Kier alpha value is -5.14. The molecule has 0 aromatic carbocycles. The van der Waals surface area contributed by atoms with Gasteiger partial charge in [-0.1, -0.05) is 26.7 Å². The zero-order valence-electron chi connectivity index (χ0n) is 36.6. The molecule has 4 aromatic rings. The van der Waals surface area contributed by atoms with Gasteiger partial charge in [0, 0.05) is 60.9 Å². The Kier molecular flexibility index (Phi) is 18.0. The number of ether oxygens (including phenoxy) is 4. The van der Waals surface area contributed by atoms with E-state index in [1.807, 2.05) is 0 Å². The van der Waals surface area contributed by atoms with Crippen molar-refractivity contribution in [1.82, 2.24) is 19.9 Å². The summed E-state index contributed by atoms with van der Waals surface area (Å²) in [5.74, 6) is 2.67. The number of carbonyl (C=O) groups is 2. The zero-order chi connectivity index (χ0) is 44.8. The highest BCUT2D eigenvalue weighted by Gasteiger charge is 2.34. The Bertz CT molecular complexity index is 1880. The molecule has 0 amide bonds. The normalized spacial score (nSPS) is 19.8. The minimum Gasteiger partial charge on any atom is -0.481 e. The van der Waals surface area contributed by atoms with E-state index in [-0.39, 0.29) is 58.1 Å². The topological polar surface area (TPSA) is 123 Å². The average Bonchev–Trinajstić information content (AvgIpc) is 3.32. The molecule has 6 rings (SSSR count). The van der Waals surface area contributed by atoms with Crippen molar-refractivity contribution in [3.8, 4) is 23.5 Å². The molecule has 0 spiro atoms. The van der Waals surface area contributed by atoms with Crippen molar-refractivity contribution in [1.29, 1.82) is 0 Å². The molecule has 4 heterocycles. The van der Waals surface area contributed by atoms with E-state index in [0.29, 0.717) is 58.7 Å². The van der Waals surface area contributed by atoms with Gasteiger partial charge in [0.2, 0.25) is 23.5 Å². The molecule has 0 N–H and O–H groups in total. The number of pyridine rings is 4. The summed E-state index contributed by atoms with van der Waals surface area (Å²) in [6.07, 6.45) is 10.8. The fourth-order valence-corrected chi connectivity index (χ4v) is 9.55. The van der Waals surface area contributed by atoms with E-state index in [4.69, 9.17) is 18.9 Å². The lowest BCUT2D eigenvalue weighted by molar-refractivity contribution is 0.0917. The van der Waals surface area contributed by atoms with Gasteiger partial charge in [0.15, 0.2) is 11.6 Å². The van der Waals surface area contributed by atoms with Crippen molar-refractivity contribution in [3.63, 3.8) is 0 Å². The van der Waals surface area contributed by atoms with Crippen LogP contribution in [0.3, 0.4) is 0 Å². The van der Waals surface area contributed by atoms with E-state index >= 15 is 0 Å². The van der Waals surface area contributed by atoms with Crippen LogP contribution in [0.5, 0.6) is 23.5 Å². The number of halogens is 4. The van der Waals surface area contributed by atoms with E-state index in [1.54, 1.807) is 75.4 Å². The van der Waals surface area contributed by atoms with Crippen LogP contribution in [0.25, 0.3) is 0 Å². The number of aromatic nitrogens is 4. The minimum atomic E-state index is -2.62. The SMILES string of the molecule is CC[C@@H](CC(=O)c1ccc(OC)nc1)C1CCC(c2ccnc(OC)c2C(F)F)CC1.CC[C@H](CC(=O)c1ccc(OC)nc1)C1CCC(c2ccnc(OC)c2C(F)F)CC1. The van der Waals surface area contributed by atoms with Crippen molar-refractivity contribution >= 4 is 11.6 Å². The van der Waals surface area contributed by atoms with Gasteiger partial charge in [0.05, 0.1) is 39.6 Å². The molecule has 0 saturated heterocycles. The van der Waals surface area contributed by atoms with Crippen LogP contribution >= 0.6 is 0 Å². The molecule has 336 valence electrons. The van der Waals surface area contributed by atoms with Gasteiger partial charge in [-0.2, -0.15) is 0 Å². The predicted octanol–water partition coefficient (Wildman–Crippen LogP) is 12.0. The maximum atomic E-state index is 13.7. The van der Waals surface area contributed by atoms with Gasteiger partial charge < -0.3 is 18.9 Å². The van der Waals surface area contributed by atoms with Gasteiger partial charge in [0.25, 0.3) is 12.9 Å². The molecule has 2 saturated carbocycles. The summed E-state index contributed by atoms with van der Waals surface area (Å²) < 4.78 is 74.9. The van der Waals surface area contributed by atoms with Crippen LogP contribution in [-0.2, 0) is 0 Å². The van der Waals surface area contributed by atoms with Gasteiger partial charge in [0.1, 0.15) is 0 Å². The standard InChI is InChI=1S/2C24H30F2N2O3/c2*1-4-15(13-20(29)18-9-10-21(30-2)28-14-18)16-5-7-17(8-6-16)19-11-12-27-24(31-3)22(19)23(25)26/h2*9-12,14-17,23H,4-8,13H2,1-3H3/t2*15-,16?,17?/m10/s1. The molecule has 0 unspecified atom stereocenters. The molecular formula is C48H60F4N4O6. The molecule has 2 aliphatic carbocycles. The van der Waals surface area contributed by atoms with Crippen LogP contribution in [0.4, 0.5) is 17.6 Å². The van der Waals surface area contributed by atoms with Crippen molar-refractivity contribution in [2.75, 3.05) is 28.4 Å². The highest BCUT2D eigenvalue weighted by molar-refractivity contribution is 5.96. The molecule has 62 heavy (non-hydrogen) atoms. The third-order valence-corrected chi connectivity index (χ3v) is 13.0. The van der Waals surface area contributed by atoms with Crippen molar-refractivity contribution < 1.29 is 46.1 Å². The molecule has 4 aromatic heterocycles. The number of hydrogen-bond acceptors (Lipinski definition) is 10. The van der Waals surface area contributed by atoms with Gasteiger partial charge in [-0.25, -0.2) is 37.5 Å². The van der Waals surface area contributed by atoms with Crippen LogP contribution in [-0.4, -0.2) is 59.9 Å². The van der Waals surface area contributed by atoms with Gasteiger partial charge >= 0.3 is 0 Å². The number of rotatable bonds is 18. The Morgan fingerprint density at radius 3 is 1.19 bits per heavy atom. The Morgan fingerprint density at radius 2 is 0.919 bits per heavy atom. The molecule has 14 heteroatoms. The number of Topliss-reactive ketones (excluding diaryl/α,β-unsaturated/α-hetero) is 2. The Labute approximate surface area is 362 Å². The van der Waals surface area contributed by atoms with E-state index in [1.165, 1.54) is 14.2 Å². The van der Waals surface area contributed by atoms with Crippen LogP contribution in [0.2, 0.25) is 0 Å². The first-order valence-electron chi connectivity index (χ1n) is 21.6. The smallest absolute Gasteiger partial charge is 0.269 e. The van der Waals surface area contributed by atoms with Gasteiger partial charge in [-0.15, -0.1) is 0 Å². The maximum absolute atomic E-state index is 13.7. The van der Waals surface area contributed by atoms with Crippen LogP contribution in [0.1, 0.15) is 159 Å². The number of carbonyl (C=O) groups excluding carboxylic acids is 2. The van der Waals surface area contributed by atoms with Crippen LogP contribution in [0.15, 0.2) is 61.2 Å². The molecule has 0 bridgehead atoms. The number of nitrogens with zero attached hydrogens (tertiary/aromatic N) is 4. The molecule has 2 fully saturated rings.